The minimum absolute atomic E-state index is 0.0394. The highest BCUT2D eigenvalue weighted by Crippen LogP contribution is 2.36. The lowest BCUT2D eigenvalue weighted by atomic mass is 9.83. The van der Waals surface area contributed by atoms with Crippen LogP contribution in [0.25, 0.3) is 5.57 Å². The first-order valence-electron chi connectivity index (χ1n) is 10.3. The highest BCUT2D eigenvalue weighted by Gasteiger charge is 2.27. The fourth-order valence-corrected chi connectivity index (χ4v) is 3.61. The zero-order valence-electron chi connectivity index (χ0n) is 17.2. The van der Waals surface area contributed by atoms with Gasteiger partial charge in [0.15, 0.2) is 11.6 Å². The summed E-state index contributed by atoms with van der Waals surface area (Å²) in [6.07, 6.45) is 5.08. The Kier molecular flexibility index (Phi) is 7.18. The van der Waals surface area contributed by atoms with Crippen molar-refractivity contribution in [3.63, 3.8) is 0 Å². The molecule has 0 aliphatic heterocycles. The summed E-state index contributed by atoms with van der Waals surface area (Å²) in [5, 5.41) is 0. The molecule has 0 N–H and O–H groups in total. The molecule has 0 amide bonds. The van der Waals surface area contributed by atoms with Gasteiger partial charge in [0.1, 0.15) is 12.4 Å². The van der Waals surface area contributed by atoms with Crippen molar-refractivity contribution in [2.45, 2.75) is 52.6 Å². The molecule has 1 aliphatic rings. The van der Waals surface area contributed by atoms with Gasteiger partial charge in [-0.15, -0.1) is 0 Å². The van der Waals surface area contributed by atoms with Crippen molar-refractivity contribution in [1.82, 2.24) is 0 Å². The van der Waals surface area contributed by atoms with E-state index in [4.69, 9.17) is 4.74 Å². The minimum Gasteiger partial charge on any atom is -0.488 e. The molecule has 0 saturated heterocycles. The number of Topliss-reactive ketones (excluding diaryl/α,β-unsaturated/α-hetero) is 2. The second-order valence-electron chi connectivity index (χ2n) is 7.64. The van der Waals surface area contributed by atoms with E-state index in [0.29, 0.717) is 49.2 Å². The van der Waals surface area contributed by atoms with E-state index in [1.807, 2.05) is 68.4 Å². The molecule has 3 rings (SSSR count). The molecule has 0 radical (unpaired) electrons. The molecule has 0 spiro atoms. The Labute approximate surface area is 173 Å². The Morgan fingerprint density at radius 2 is 1.72 bits per heavy atom. The fourth-order valence-electron chi connectivity index (χ4n) is 3.61. The smallest absolute Gasteiger partial charge is 0.164 e. The van der Waals surface area contributed by atoms with Gasteiger partial charge < -0.3 is 4.74 Å². The summed E-state index contributed by atoms with van der Waals surface area (Å²) in [5.41, 5.74) is 4.22. The summed E-state index contributed by atoms with van der Waals surface area (Å²) in [6, 6.07) is 17.5. The van der Waals surface area contributed by atoms with Crippen molar-refractivity contribution in [3.8, 4) is 5.75 Å². The van der Waals surface area contributed by atoms with Crippen LogP contribution in [0.3, 0.4) is 0 Å². The van der Waals surface area contributed by atoms with Crippen LogP contribution < -0.4 is 4.74 Å². The van der Waals surface area contributed by atoms with E-state index < -0.39 is 0 Å². The lowest BCUT2D eigenvalue weighted by Crippen LogP contribution is -2.17. The van der Waals surface area contributed by atoms with Gasteiger partial charge in [-0.25, -0.2) is 0 Å². The van der Waals surface area contributed by atoms with E-state index in [9.17, 15) is 9.59 Å². The van der Waals surface area contributed by atoms with Gasteiger partial charge >= 0.3 is 0 Å². The fraction of sp³-hybridized carbons (Fsp3) is 0.308. The highest BCUT2D eigenvalue weighted by atomic mass is 16.5. The van der Waals surface area contributed by atoms with Crippen LogP contribution in [0.5, 0.6) is 5.75 Å². The van der Waals surface area contributed by atoms with E-state index in [1.165, 1.54) is 5.57 Å². The molecule has 0 bridgehead atoms. The van der Waals surface area contributed by atoms with Crippen molar-refractivity contribution in [2.24, 2.45) is 0 Å². The van der Waals surface area contributed by atoms with Crippen LogP contribution in [0.1, 0.15) is 57.1 Å². The van der Waals surface area contributed by atoms with Crippen molar-refractivity contribution in [2.75, 3.05) is 0 Å². The lowest BCUT2D eigenvalue weighted by Gasteiger charge is -2.21. The van der Waals surface area contributed by atoms with Gasteiger partial charge in [-0.3, -0.25) is 9.59 Å². The Morgan fingerprint density at radius 1 is 1.00 bits per heavy atom. The van der Waals surface area contributed by atoms with E-state index in [-0.39, 0.29) is 11.6 Å². The Morgan fingerprint density at radius 3 is 2.48 bits per heavy atom. The van der Waals surface area contributed by atoms with E-state index >= 15 is 0 Å². The monoisotopic (exact) mass is 388 g/mol. The Hall–Kier alpha value is -2.94. The number of para-hydroxylation sites is 1. The number of rotatable bonds is 8. The highest BCUT2D eigenvalue weighted by molar-refractivity contribution is 6.28. The third kappa shape index (κ3) is 5.54. The molecular formula is C26H28O3. The normalized spacial score (nSPS) is 13.9. The second kappa shape index (κ2) is 10.0. The number of benzene rings is 2. The first kappa shape index (κ1) is 20.8. The molecular weight excluding hydrogens is 360 g/mol. The van der Waals surface area contributed by atoms with Crippen LogP contribution in [0.4, 0.5) is 0 Å². The summed E-state index contributed by atoms with van der Waals surface area (Å²) >= 11 is 0. The lowest BCUT2D eigenvalue weighted by molar-refractivity contribution is -0.117. The molecule has 0 saturated carbocycles. The molecule has 0 aromatic heterocycles. The minimum atomic E-state index is 0.0394. The van der Waals surface area contributed by atoms with Gasteiger partial charge in [-0.05, 0) is 44.7 Å². The summed E-state index contributed by atoms with van der Waals surface area (Å²) in [6.45, 7) is 4.47. The average Bonchev–Trinajstić information content (AvgIpc) is 2.73. The van der Waals surface area contributed by atoms with Gasteiger partial charge in [-0.2, -0.15) is 0 Å². The van der Waals surface area contributed by atoms with Gasteiger partial charge in [0, 0.05) is 29.6 Å². The largest absolute Gasteiger partial charge is 0.488 e. The van der Waals surface area contributed by atoms with Crippen LogP contribution in [0.15, 0.2) is 71.8 Å². The maximum absolute atomic E-state index is 12.9. The summed E-state index contributed by atoms with van der Waals surface area (Å²) in [5.74, 6) is 0.761. The van der Waals surface area contributed by atoms with Crippen LogP contribution >= 0.6 is 0 Å². The molecule has 3 heteroatoms. The maximum Gasteiger partial charge on any atom is 0.164 e. The van der Waals surface area contributed by atoms with Crippen molar-refractivity contribution < 1.29 is 14.3 Å². The van der Waals surface area contributed by atoms with Gasteiger partial charge in [0.05, 0.1) is 0 Å². The number of carbonyl (C=O) groups excluding carboxylic acids is 2. The van der Waals surface area contributed by atoms with Gasteiger partial charge in [0.2, 0.25) is 0 Å². The zero-order chi connectivity index (χ0) is 20.6. The van der Waals surface area contributed by atoms with E-state index in [1.54, 1.807) is 0 Å². The predicted octanol–water partition coefficient (Wildman–Crippen LogP) is 6.09. The van der Waals surface area contributed by atoms with Gasteiger partial charge in [0.25, 0.3) is 0 Å². The maximum atomic E-state index is 12.9. The molecule has 29 heavy (non-hydrogen) atoms. The van der Waals surface area contributed by atoms with E-state index in [0.717, 1.165) is 17.5 Å². The number of hydrogen-bond acceptors (Lipinski definition) is 3. The third-order valence-electron chi connectivity index (χ3n) is 5.07. The molecule has 3 nitrogen and oxygen atoms in total. The number of ether oxygens (including phenoxy) is 1. The number of ketones is 2. The molecule has 0 fully saturated rings. The molecule has 150 valence electrons. The molecule has 0 heterocycles. The molecule has 2 aromatic carbocycles. The van der Waals surface area contributed by atoms with Crippen molar-refractivity contribution in [3.05, 3.63) is 82.9 Å². The Bertz CT molecular complexity index is 931. The topological polar surface area (TPSA) is 43.4 Å². The molecule has 0 unspecified atom stereocenters. The predicted molar refractivity (Wildman–Crippen MR) is 117 cm³/mol. The summed E-state index contributed by atoms with van der Waals surface area (Å²) in [7, 11) is 0. The van der Waals surface area contributed by atoms with E-state index in [2.05, 4.69) is 6.08 Å². The van der Waals surface area contributed by atoms with Crippen LogP contribution in [-0.2, 0) is 16.2 Å². The Balaban J connectivity index is 1.90. The van der Waals surface area contributed by atoms with Crippen molar-refractivity contribution in [1.29, 1.82) is 0 Å². The first-order chi connectivity index (χ1) is 14.1. The number of allylic oxidation sites excluding steroid dienone is 4. The van der Waals surface area contributed by atoms with Crippen molar-refractivity contribution >= 4 is 17.1 Å². The summed E-state index contributed by atoms with van der Waals surface area (Å²) < 4.78 is 6.06. The third-order valence-corrected chi connectivity index (χ3v) is 5.07. The van der Waals surface area contributed by atoms with Crippen LogP contribution in [-0.4, -0.2) is 11.6 Å². The standard InChI is InChI=1S/C26H28O3/c1-19(2)10-8-15-23(27)21-14-9-16-24(28)26(21)22-13-6-7-17-25(22)29-18-20-11-4-3-5-12-20/h3-7,10-13,17H,8-9,14-16,18H2,1-2H3. The van der Waals surface area contributed by atoms with Crippen LogP contribution in [0.2, 0.25) is 0 Å². The SMILES string of the molecule is CC(C)=CCCC(=O)C1=C(c2ccccc2OCc2ccccc2)C(=O)CCC1. The quantitative estimate of drug-likeness (QED) is 0.514. The second-order valence-corrected chi connectivity index (χ2v) is 7.64. The zero-order valence-corrected chi connectivity index (χ0v) is 17.2. The molecule has 0 atom stereocenters. The molecule has 1 aliphatic carbocycles. The number of carbonyl (C=O) groups is 2. The summed E-state index contributed by atoms with van der Waals surface area (Å²) in [4.78, 5) is 25.8. The van der Waals surface area contributed by atoms with Gasteiger partial charge in [-0.1, -0.05) is 60.2 Å². The first-order valence-corrected chi connectivity index (χ1v) is 10.3. The number of hydrogen-bond donors (Lipinski definition) is 0. The average molecular weight is 389 g/mol. The molecule has 2 aromatic rings. The van der Waals surface area contributed by atoms with Crippen LogP contribution in [0, 0.1) is 0 Å².